The average Bonchev–Trinajstić information content (AvgIpc) is 2.71. The Morgan fingerprint density at radius 2 is 1.43 bits per heavy atom. The number of aromatic nitrogens is 2. The maximum Gasteiger partial charge on any atom is 0.460 e. The van der Waals surface area contributed by atoms with Gasteiger partial charge < -0.3 is 4.98 Å². The molecule has 2 aromatic rings. The third kappa shape index (κ3) is 2.42. The lowest BCUT2D eigenvalue weighted by Crippen LogP contribution is -2.50. The number of nitrogens with zero attached hydrogens (tertiary/aromatic N) is 1. The molecule has 0 aliphatic carbocycles. The molecule has 2 rings (SSSR count). The first kappa shape index (κ1) is 16.2. The standard InChI is InChI=1S/C10H3Cl2F7N2/c11-3-1-5-6(2-4(3)12)21-7(20-5)8(13,14)9(15,16)10(17,18)19/h1-2H,(H,20,21). The predicted molar refractivity (Wildman–Crippen MR) is 61.0 cm³/mol. The monoisotopic (exact) mass is 354 g/mol. The second kappa shape index (κ2) is 4.64. The number of hydrogen-bond donors (Lipinski definition) is 1. The van der Waals surface area contributed by atoms with Gasteiger partial charge in [0.15, 0.2) is 5.82 Å². The molecule has 0 fully saturated rings. The number of H-pyrrole nitrogens is 1. The second-order valence-corrected chi connectivity index (χ2v) is 4.83. The van der Waals surface area contributed by atoms with E-state index in [0.29, 0.717) is 0 Å². The summed E-state index contributed by atoms with van der Waals surface area (Å²) in [4.78, 5) is 4.74. The van der Waals surface area contributed by atoms with Crippen LogP contribution in [-0.4, -0.2) is 22.1 Å². The molecular weight excluding hydrogens is 352 g/mol. The minimum atomic E-state index is -6.44. The minimum Gasteiger partial charge on any atom is -0.337 e. The molecule has 0 saturated carbocycles. The van der Waals surface area contributed by atoms with E-state index in [9.17, 15) is 30.7 Å². The quantitative estimate of drug-likeness (QED) is 0.741. The van der Waals surface area contributed by atoms with Gasteiger partial charge in [-0.15, -0.1) is 0 Å². The van der Waals surface area contributed by atoms with Crippen LogP contribution >= 0.6 is 23.2 Å². The molecule has 0 radical (unpaired) electrons. The van der Waals surface area contributed by atoms with E-state index in [1.807, 2.05) is 0 Å². The molecule has 21 heavy (non-hydrogen) atoms. The molecule has 11 heteroatoms. The van der Waals surface area contributed by atoms with Crippen LogP contribution in [0.3, 0.4) is 0 Å². The molecule has 0 bridgehead atoms. The summed E-state index contributed by atoms with van der Waals surface area (Å²) in [6, 6.07) is 1.94. The molecule has 1 aromatic carbocycles. The van der Waals surface area contributed by atoms with Gasteiger partial charge in [0.05, 0.1) is 21.1 Å². The maximum absolute atomic E-state index is 13.4. The highest BCUT2D eigenvalue weighted by molar-refractivity contribution is 6.42. The lowest BCUT2D eigenvalue weighted by molar-refractivity contribution is -0.361. The van der Waals surface area contributed by atoms with Crippen molar-refractivity contribution < 1.29 is 30.7 Å². The summed E-state index contributed by atoms with van der Waals surface area (Å²) in [7, 11) is 0. The molecule has 0 atom stereocenters. The fourth-order valence-corrected chi connectivity index (χ4v) is 1.80. The molecule has 2 nitrogen and oxygen atoms in total. The first-order chi connectivity index (χ1) is 9.38. The number of alkyl halides is 7. The fraction of sp³-hybridized carbons (Fsp3) is 0.300. The zero-order chi connectivity index (χ0) is 16.2. The molecule has 0 spiro atoms. The summed E-state index contributed by atoms with van der Waals surface area (Å²) in [5, 5.41) is -0.224. The van der Waals surface area contributed by atoms with Crippen LogP contribution < -0.4 is 0 Å². The Hall–Kier alpha value is -1.22. The summed E-state index contributed by atoms with van der Waals surface area (Å²) in [6.07, 6.45) is -6.44. The number of nitrogens with one attached hydrogen (secondary N) is 1. The van der Waals surface area contributed by atoms with Crippen molar-refractivity contribution in [3.63, 3.8) is 0 Å². The molecular formula is C10H3Cl2F7N2. The van der Waals surface area contributed by atoms with Crippen LogP contribution in [0.15, 0.2) is 12.1 Å². The van der Waals surface area contributed by atoms with Crippen molar-refractivity contribution in [2.45, 2.75) is 18.0 Å². The Bertz CT molecular complexity index is 654. The van der Waals surface area contributed by atoms with Gasteiger partial charge in [0.25, 0.3) is 0 Å². The highest BCUT2D eigenvalue weighted by atomic mass is 35.5. The van der Waals surface area contributed by atoms with Gasteiger partial charge in [0.1, 0.15) is 0 Å². The van der Waals surface area contributed by atoms with E-state index in [1.165, 1.54) is 0 Å². The first-order valence-corrected chi connectivity index (χ1v) is 5.81. The average molecular weight is 355 g/mol. The number of fused-ring (bicyclic) bond motifs is 1. The van der Waals surface area contributed by atoms with Crippen LogP contribution in [0, 0.1) is 0 Å². The Balaban J connectivity index is 2.60. The van der Waals surface area contributed by atoms with E-state index in [0.717, 1.165) is 12.1 Å². The number of imidazole rings is 1. The van der Waals surface area contributed by atoms with E-state index in [4.69, 9.17) is 23.2 Å². The van der Waals surface area contributed by atoms with Crippen molar-refractivity contribution in [2.24, 2.45) is 0 Å². The zero-order valence-corrected chi connectivity index (χ0v) is 11.0. The summed E-state index contributed by atoms with van der Waals surface area (Å²) in [5.74, 6) is -13.7. The van der Waals surface area contributed by atoms with E-state index >= 15 is 0 Å². The first-order valence-electron chi connectivity index (χ1n) is 5.05. The van der Waals surface area contributed by atoms with Crippen molar-refractivity contribution in [1.29, 1.82) is 0 Å². The van der Waals surface area contributed by atoms with Crippen molar-refractivity contribution in [2.75, 3.05) is 0 Å². The summed E-state index contributed by atoms with van der Waals surface area (Å²) < 4.78 is 88.9. The van der Waals surface area contributed by atoms with E-state index in [1.54, 1.807) is 4.98 Å². The second-order valence-electron chi connectivity index (χ2n) is 4.02. The number of aromatic amines is 1. The smallest absolute Gasteiger partial charge is 0.337 e. The van der Waals surface area contributed by atoms with Crippen LogP contribution in [0.25, 0.3) is 11.0 Å². The molecule has 116 valence electrons. The maximum atomic E-state index is 13.4. The summed E-state index contributed by atoms with van der Waals surface area (Å²) in [5.41, 5.74) is -0.575. The third-order valence-electron chi connectivity index (χ3n) is 2.57. The van der Waals surface area contributed by atoms with Crippen LogP contribution in [0.4, 0.5) is 30.7 Å². The molecule has 0 aliphatic rings. The van der Waals surface area contributed by atoms with Crippen LogP contribution in [0.5, 0.6) is 0 Å². The predicted octanol–water partition coefficient (Wildman–Crippen LogP) is 5.16. The van der Waals surface area contributed by atoms with E-state index < -0.39 is 23.8 Å². The van der Waals surface area contributed by atoms with Gasteiger partial charge in [-0.1, -0.05) is 23.2 Å². The highest BCUT2D eigenvalue weighted by Gasteiger charge is 2.74. The Morgan fingerprint density at radius 3 is 1.95 bits per heavy atom. The fourth-order valence-electron chi connectivity index (χ4n) is 1.48. The molecule has 0 saturated heterocycles. The minimum absolute atomic E-state index is 0.106. The Labute approximate surface area is 121 Å². The topological polar surface area (TPSA) is 28.7 Å². The molecule has 1 N–H and O–H groups in total. The van der Waals surface area contributed by atoms with Crippen molar-refractivity contribution in [1.82, 2.24) is 9.97 Å². The van der Waals surface area contributed by atoms with Crippen molar-refractivity contribution in [3.05, 3.63) is 28.0 Å². The van der Waals surface area contributed by atoms with Crippen LogP contribution in [-0.2, 0) is 5.92 Å². The third-order valence-corrected chi connectivity index (χ3v) is 3.29. The van der Waals surface area contributed by atoms with E-state index in [-0.39, 0.29) is 21.1 Å². The van der Waals surface area contributed by atoms with E-state index in [2.05, 4.69) is 4.98 Å². The molecule has 1 aromatic heterocycles. The van der Waals surface area contributed by atoms with Crippen molar-refractivity contribution >= 4 is 34.2 Å². The Morgan fingerprint density at radius 1 is 0.905 bits per heavy atom. The van der Waals surface area contributed by atoms with Gasteiger partial charge in [0.2, 0.25) is 0 Å². The number of rotatable bonds is 2. The summed E-state index contributed by atoms with van der Waals surface area (Å²) in [6.45, 7) is 0. The lowest BCUT2D eigenvalue weighted by Gasteiger charge is -2.26. The normalized spacial score (nSPS) is 14.0. The van der Waals surface area contributed by atoms with Crippen molar-refractivity contribution in [3.8, 4) is 0 Å². The Kier molecular flexibility index (Phi) is 3.57. The van der Waals surface area contributed by atoms with Gasteiger partial charge in [-0.2, -0.15) is 30.7 Å². The SMILES string of the molecule is FC(F)(F)C(F)(F)C(F)(F)c1nc2cc(Cl)c(Cl)cc2[nH]1. The highest BCUT2D eigenvalue weighted by Crippen LogP contribution is 2.51. The van der Waals surface area contributed by atoms with Gasteiger partial charge >= 0.3 is 18.0 Å². The zero-order valence-electron chi connectivity index (χ0n) is 9.50. The van der Waals surface area contributed by atoms with Crippen LogP contribution in [0.1, 0.15) is 5.82 Å². The lowest BCUT2D eigenvalue weighted by atomic mass is 10.1. The van der Waals surface area contributed by atoms with Gasteiger partial charge in [-0.05, 0) is 12.1 Å². The largest absolute Gasteiger partial charge is 0.460 e. The molecule has 0 amide bonds. The van der Waals surface area contributed by atoms with Gasteiger partial charge in [-0.25, -0.2) is 4.98 Å². The molecule has 0 aliphatic heterocycles. The van der Waals surface area contributed by atoms with Gasteiger partial charge in [0, 0.05) is 0 Å². The molecule has 0 unspecified atom stereocenters. The number of hydrogen-bond acceptors (Lipinski definition) is 1. The number of benzene rings is 1. The molecule has 1 heterocycles. The van der Waals surface area contributed by atoms with Crippen LogP contribution in [0.2, 0.25) is 10.0 Å². The van der Waals surface area contributed by atoms with Gasteiger partial charge in [-0.3, -0.25) is 0 Å². The number of halogens is 9. The summed E-state index contributed by atoms with van der Waals surface area (Å²) >= 11 is 11.2.